The largest absolute Gasteiger partial charge is 0.296 e. The molecule has 0 radical (unpaired) electrons. The lowest BCUT2D eigenvalue weighted by atomic mass is 10.0. The topological polar surface area (TPSA) is 59.8 Å². The van der Waals surface area contributed by atoms with Crippen LogP contribution in [0.15, 0.2) is 12.1 Å². The second kappa shape index (κ2) is 7.30. The SMILES string of the molecule is CCCn1c(NC(=O)CCC2CCCC2)nc2ccc(Cl)nc21. The Bertz CT molecular complexity index is 691. The Morgan fingerprint density at radius 3 is 2.87 bits per heavy atom. The predicted molar refractivity (Wildman–Crippen MR) is 92.7 cm³/mol. The van der Waals surface area contributed by atoms with Gasteiger partial charge in [-0.15, -0.1) is 0 Å². The molecule has 1 N–H and O–H groups in total. The van der Waals surface area contributed by atoms with Gasteiger partial charge in [-0.1, -0.05) is 44.2 Å². The van der Waals surface area contributed by atoms with Crippen molar-refractivity contribution in [2.24, 2.45) is 5.92 Å². The zero-order chi connectivity index (χ0) is 16.2. The summed E-state index contributed by atoms with van der Waals surface area (Å²) in [5, 5.41) is 3.40. The molecule has 2 aromatic heterocycles. The fourth-order valence-electron chi connectivity index (χ4n) is 3.33. The van der Waals surface area contributed by atoms with Crippen molar-refractivity contribution in [3.8, 4) is 0 Å². The number of carbonyl (C=O) groups is 1. The summed E-state index contributed by atoms with van der Waals surface area (Å²) in [5.41, 5.74) is 1.49. The lowest BCUT2D eigenvalue weighted by Gasteiger charge is -2.10. The number of pyridine rings is 1. The Hall–Kier alpha value is -1.62. The molecule has 2 aromatic rings. The van der Waals surface area contributed by atoms with E-state index in [2.05, 4.69) is 22.2 Å². The molecule has 0 saturated heterocycles. The Morgan fingerprint density at radius 1 is 1.35 bits per heavy atom. The van der Waals surface area contributed by atoms with Crippen molar-refractivity contribution in [3.05, 3.63) is 17.3 Å². The molecule has 0 atom stereocenters. The highest BCUT2D eigenvalue weighted by molar-refractivity contribution is 6.29. The van der Waals surface area contributed by atoms with E-state index in [9.17, 15) is 4.79 Å². The summed E-state index contributed by atoms with van der Waals surface area (Å²) in [4.78, 5) is 21.1. The second-order valence-corrected chi connectivity index (χ2v) is 6.69. The molecular formula is C17H23ClN4O. The quantitative estimate of drug-likeness (QED) is 0.796. The van der Waals surface area contributed by atoms with Crippen molar-refractivity contribution in [3.63, 3.8) is 0 Å². The maximum atomic E-state index is 12.3. The van der Waals surface area contributed by atoms with Gasteiger partial charge >= 0.3 is 0 Å². The molecule has 124 valence electrons. The summed E-state index contributed by atoms with van der Waals surface area (Å²) >= 11 is 5.99. The van der Waals surface area contributed by atoms with Crippen LogP contribution in [0.5, 0.6) is 0 Å². The number of nitrogens with zero attached hydrogens (tertiary/aromatic N) is 3. The molecule has 3 rings (SSSR count). The fourth-order valence-corrected chi connectivity index (χ4v) is 3.47. The van der Waals surface area contributed by atoms with Gasteiger partial charge in [-0.2, -0.15) is 0 Å². The highest BCUT2D eigenvalue weighted by Crippen LogP contribution is 2.28. The third-order valence-electron chi connectivity index (χ3n) is 4.51. The van der Waals surface area contributed by atoms with E-state index < -0.39 is 0 Å². The third kappa shape index (κ3) is 3.83. The monoisotopic (exact) mass is 334 g/mol. The van der Waals surface area contributed by atoms with Crippen LogP contribution in [0.4, 0.5) is 5.95 Å². The summed E-state index contributed by atoms with van der Waals surface area (Å²) in [6.45, 7) is 2.84. The number of fused-ring (bicyclic) bond motifs is 1. The lowest BCUT2D eigenvalue weighted by molar-refractivity contribution is -0.116. The number of anilines is 1. The fraction of sp³-hybridized carbons (Fsp3) is 0.588. The van der Waals surface area contributed by atoms with Gasteiger partial charge in [0.2, 0.25) is 11.9 Å². The van der Waals surface area contributed by atoms with Crippen molar-refractivity contribution in [2.45, 2.75) is 58.4 Å². The van der Waals surface area contributed by atoms with Gasteiger partial charge in [-0.3, -0.25) is 14.7 Å². The first-order chi connectivity index (χ1) is 11.2. The highest BCUT2D eigenvalue weighted by atomic mass is 35.5. The second-order valence-electron chi connectivity index (χ2n) is 6.30. The summed E-state index contributed by atoms with van der Waals surface area (Å²) in [6.07, 6.45) is 7.63. The zero-order valence-corrected chi connectivity index (χ0v) is 14.3. The number of halogens is 1. The molecule has 6 heteroatoms. The number of rotatable bonds is 6. The number of aromatic nitrogens is 3. The standard InChI is InChI=1S/C17H23ClN4O/c1-2-11-22-16-13(8-9-14(18)20-16)19-17(22)21-15(23)10-7-12-5-3-4-6-12/h8-9,12H,2-7,10-11H2,1H3,(H,19,21,23). The first-order valence-corrected chi connectivity index (χ1v) is 8.88. The Morgan fingerprint density at radius 2 is 2.13 bits per heavy atom. The molecule has 0 aliphatic heterocycles. The van der Waals surface area contributed by atoms with Crippen LogP contribution in [0, 0.1) is 5.92 Å². The summed E-state index contributed by atoms with van der Waals surface area (Å²) in [7, 11) is 0. The van der Waals surface area contributed by atoms with Gasteiger partial charge < -0.3 is 0 Å². The maximum Gasteiger partial charge on any atom is 0.226 e. The molecular weight excluding hydrogens is 312 g/mol. The molecule has 1 amide bonds. The van der Waals surface area contributed by atoms with Crippen molar-refractivity contribution < 1.29 is 4.79 Å². The molecule has 2 heterocycles. The number of carbonyl (C=O) groups excluding carboxylic acids is 1. The van der Waals surface area contributed by atoms with E-state index in [0.29, 0.717) is 17.5 Å². The van der Waals surface area contributed by atoms with Crippen LogP contribution in [0.1, 0.15) is 51.9 Å². The number of nitrogens with one attached hydrogen (secondary N) is 1. The van der Waals surface area contributed by atoms with Gasteiger partial charge in [-0.25, -0.2) is 9.97 Å². The molecule has 1 aliphatic rings. The van der Waals surface area contributed by atoms with E-state index in [-0.39, 0.29) is 5.91 Å². The molecule has 0 aromatic carbocycles. The summed E-state index contributed by atoms with van der Waals surface area (Å²) in [6, 6.07) is 3.56. The van der Waals surface area contributed by atoms with Gasteiger partial charge in [0, 0.05) is 13.0 Å². The molecule has 0 unspecified atom stereocenters. The van der Waals surface area contributed by atoms with Crippen LogP contribution in [0.25, 0.3) is 11.2 Å². The van der Waals surface area contributed by atoms with Crippen molar-refractivity contribution >= 4 is 34.6 Å². The average Bonchev–Trinajstić information content (AvgIpc) is 3.15. The number of amides is 1. The normalized spacial score (nSPS) is 15.4. The molecule has 1 fully saturated rings. The van der Waals surface area contributed by atoms with Crippen molar-refractivity contribution in [1.29, 1.82) is 0 Å². The highest BCUT2D eigenvalue weighted by Gasteiger charge is 2.18. The van der Waals surface area contributed by atoms with E-state index in [1.165, 1.54) is 25.7 Å². The first-order valence-electron chi connectivity index (χ1n) is 8.50. The lowest BCUT2D eigenvalue weighted by Crippen LogP contribution is -2.16. The minimum atomic E-state index is 0.0376. The summed E-state index contributed by atoms with van der Waals surface area (Å²) < 4.78 is 1.94. The van der Waals surface area contributed by atoms with Crippen molar-refractivity contribution in [2.75, 3.05) is 5.32 Å². The van der Waals surface area contributed by atoms with E-state index >= 15 is 0 Å². The molecule has 1 saturated carbocycles. The molecule has 23 heavy (non-hydrogen) atoms. The predicted octanol–water partition coefficient (Wildman–Crippen LogP) is 4.40. The van der Waals surface area contributed by atoms with Crippen LogP contribution in [-0.2, 0) is 11.3 Å². The van der Waals surface area contributed by atoms with Crippen LogP contribution >= 0.6 is 11.6 Å². The van der Waals surface area contributed by atoms with Gasteiger partial charge in [-0.05, 0) is 30.9 Å². The van der Waals surface area contributed by atoms with Crippen LogP contribution in [-0.4, -0.2) is 20.4 Å². The smallest absolute Gasteiger partial charge is 0.226 e. The third-order valence-corrected chi connectivity index (χ3v) is 4.72. The number of aryl methyl sites for hydroxylation is 1. The van der Waals surface area contributed by atoms with Gasteiger partial charge in [0.05, 0.1) is 0 Å². The Balaban J connectivity index is 1.72. The van der Waals surface area contributed by atoms with E-state index in [4.69, 9.17) is 11.6 Å². The number of hydrogen-bond acceptors (Lipinski definition) is 3. The van der Waals surface area contributed by atoms with E-state index in [1.54, 1.807) is 6.07 Å². The zero-order valence-electron chi connectivity index (χ0n) is 13.5. The Labute approximate surface area is 141 Å². The molecule has 5 nitrogen and oxygen atoms in total. The molecule has 1 aliphatic carbocycles. The van der Waals surface area contributed by atoms with Crippen LogP contribution in [0.3, 0.4) is 0 Å². The number of imidazole rings is 1. The summed E-state index contributed by atoms with van der Waals surface area (Å²) in [5.74, 6) is 1.33. The Kier molecular flexibility index (Phi) is 5.16. The molecule has 0 spiro atoms. The van der Waals surface area contributed by atoms with E-state index in [1.807, 2.05) is 10.6 Å². The minimum absolute atomic E-state index is 0.0376. The average molecular weight is 335 g/mol. The number of hydrogen-bond donors (Lipinski definition) is 1. The van der Waals surface area contributed by atoms with E-state index in [0.717, 1.165) is 36.5 Å². The van der Waals surface area contributed by atoms with Gasteiger partial charge in [0.1, 0.15) is 10.7 Å². The maximum absolute atomic E-state index is 12.3. The van der Waals surface area contributed by atoms with Gasteiger partial charge in [0.15, 0.2) is 5.65 Å². The van der Waals surface area contributed by atoms with Crippen LogP contribution < -0.4 is 5.32 Å². The molecule has 0 bridgehead atoms. The first kappa shape index (κ1) is 16.2. The van der Waals surface area contributed by atoms with Gasteiger partial charge in [0.25, 0.3) is 0 Å². The van der Waals surface area contributed by atoms with Crippen molar-refractivity contribution in [1.82, 2.24) is 14.5 Å². The minimum Gasteiger partial charge on any atom is -0.296 e. The van der Waals surface area contributed by atoms with Crippen LogP contribution in [0.2, 0.25) is 5.15 Å².